The van der Waals surface area contributed by atoms with Crippen LogP contribution in [0.5, 0.6) is 5.75 Å². The number of rotatable bonds is 5. The fourth-order valence-electron chi connectivity index (χ4n) is 2.79. The Labute approximate surface area is 162 Å². The van der Waals surface area contributed by atoms with Crippen molar-refractivity contribution < 1.29 is 14.3 Å². The number of carbonyl (C=O) groups is 2. The second kappa shape index (κ2) is 7.84. The molecule has 7 heteroatoms. The highest BCUT2D eigenvalue weighted by molar-refractivity contribution is 8.16. The third-order valence-electron chi connectivity index (χ3n) is 4.44. The smallest absolute Gasteiger partial charge is 0.247 e. The highest BCUT2D eigenvalue weighted by atomic mass is 32.2. The number of amides is 2. The highest BCUT2D eigenvalue weighted by Gasteiger charge is 2.39. The molecule has 3 rings (SSSR count). The summed E-state index contributed by atoms with van der Waals surface area (Å²) in [5, 5.41) is 10.5. The van der Waals surface area contributed by atoms with E-state index in [4.69, 9.17) is 10.1 Å². The van der Waals surface area contributed by atoms with Crippen LogP contribution in [0.4, 0.5) is 11.4 Å². The van der Waals surface area contributed by atoms with Crippen molar-refractivity contribution in [3.8, 4) is 5.75 Å². The van der Waals surface area contributed by atoms with Crippen molar-refractivity contribution in [2.45, 2.75) is 25.5 Å². The van der Waals surface area contributed by atoms with Crippen LogP contribution in [0.3, 0.4) is 0 Å². The first-order chi connectivity index (χ1) is 12.9. The molecule has 1 aliphatic rings. The standard InChI is InChI=1S/C20H21N3O3S/c1-12-4-5-14(10-13(12)2)22-18(24)11-17-19(25)23(20(21)27-17)15-6-8-16(26-3)9-7-15/h4-10,17,21H,11H2,1-3H3,(H,22,24)/t17-/m1/s1. The monoisotopic (exact) mass is 383 g/mol. The summed E-state index contributed by atoms with van der Waals surface area (Å²) in [6.45, 7) is 3.99. The van der Waals surface area contributed by atoms with E-state index in [1.165, 1.54) is 4.90 Å². The van der Waals surface area contributed by atoms with Gasteiger partial charge in [-0.2, -0.15) is 0 Å². The molecule has 0 saturated carbocycles. The quantitative estimate of drug-likeness (QED) is 0.824. The van der Waals surface area contributed by atoms with E-state index in [1.807, 2.05) is 32.0 Å². The third kappa shape index (κ3) is 4.14. The Kier molecular flexibility index (Phi) is 5.51. The van der Waals surface area contributed by atoms with Crippen LogP contribution in [0.25, 0.3) is 0 Å². The number of hydrogen-bond acceptors (Lipinski definition) is 5. The van der Waals surface area contributed by atoms with Crippen molar-refractivity contribution in [2.24, 2.45) is 0 Å². The Morgan fingerprint density at radius 1 is 1.19 bits per heavy atom. The maximum atomic E-state index is 12.7. The van der Waals surface area contributed by atoms with Crippen molar-refractivity contribution in [2.75, 3.05) is 17.3 Å². The zero-order valence-electron chi connectivity index (χ0n) is 15.4. The predicted octanol–water partition coefficient (Wildman–Crippen LogP) is 3.72. The fraction of sp³-hybridized carbons (Fsp3) is 0.250. The molecular weight excluding hydrogens is 362 g/mol. The molecular formula is C20H21N3O3S. The lowest BCUT2D eigenvalue weighted by Gasteiger charge is -2.16. The molecule has 0 spiro atoms. The van der Waals surface area contributed by atoms with E-state index < -0.39 is 5.25 Å². The van der Waals surface area contributed by atoms with Gasteiger partial charge in [0.05, 0.1) is 12.8 Å². The summed E-state index contributed by atoms with van der Waals surface area (Å²) in [5.74, 6) is 0.174. The number of nitrogens with one attached hydrogen (secondary N) is 2. The normalized spacial score (nSPS) is 16.6. The molecule has 1 fully saturated rings. The topological polar surface area (TPSA) is 82.5 Å². The molecule has 0 aliphatic carbocycles. The van der Waals surface area contributed by atoms with Crippen LogP contribution in [0, 0.1) is 19.3 Å². The van der Waals surface area contributed by atoms with E-state index in [0.717, 1.165) is 22.9 Å². The number of thioether (sulfide) groups is 1. The average Bonchev–Trinajstić information content (AvgIpc) is 2.91. The number of ether oxygens (including phenoxy) is 1. The molecule has 0 radical (unpaired) electrons. The van der Waals surface area contributed by atoms with Gasteiger partial charge >= 0.3 is 0 Å². The van der Waals surface area contributed by atoms with Gasteiger partial charge in [0.15, 0.2) is 5.17 Å². The molecule has 27 heavy (non-hydrogen) atoms. The number of carbonyl (C=O) groups excluding carboxylic acids is 2. The van der Waals surface area contributed by atoms with Crippen LogP contribution in [0.2, 0.25) is 0 Å². The maximum Gasteiger partial charge on any atom is 0.247 e. The molecule has 1 atom stereocenters. The van der Waals surface area contributed by atoms with Gasteiger partial charge in [-0.05, 0) is 61.4 Å². The molecule has 0 unspecified atom stereocenters. The summed E-state index contributed by atoms with van der Waals surface area (Å²) in [5.41, 5.74) is 3.54. The lowest BCUT2D eigenvalue weighted by atomic mass is 10.1. The van der Waals surface area contributed by atoms with Crippen LogP contribution >= 0.6 is 11.8 Å². The second-order valence-electron chi connectivity index (χ2n) is 6.33. The zero-order chi connectivity index (χ0) is 19.6. The molecule has 2 aromatic rings. The SMILES string of the molecule is COc1ccc(N2C(=N)S[C@H](CC(=O)Nc3ccc(C)c(C)c3)C2=O)cc1. The van der Waals surface area contributed by atoms with Crippen LogP contribution < -0.4 is 15.0 Å². The average molecular weight is 383 g/mol. The van der Waals surface area contributed by atoms with Crippen LogP contribution in [-0.4, -0.2) is 29.3 Å². The summed E-state index contributed by atoms with van der Waals surface area (Å²) < 4.78 is 5.12. The number of anilines is 2. The minimum atomic E-state index is -0.605. The maximum absolute atomic E-state index is 12.7. The van der Waals surface area contributed by atoms with Gasteiger partial charge in [-0.1, -0.05) is 17.8 Å². The van der Waals surface area contributed by atoms with Gasteiger partial charge in [0.1, 0.15) is 11.0 Å². The molecule has 1 heterocycles. The van der Waals surface area contributed by atoms with Crippen molar-refractivity contribution >= 4 is 40.1 Å². The van der Waals surface area contributed by atoms with E-state index in [1.54, 1.807) is 31.4 Å². The van der Waals surface area contributed by atoms with Gasteiger partial charge in [-0.15, -0.1) is 0 Å². The first-order valence-corrected chi connectivity index (χ1v) is 9.37. The summed E-state index contributed by atoms with van der Waals surface area (Å²) in [7, 11) is 1.57. The summed E-state index contributed by atoms with van der Waals surface area (Å²) in [4.78, 5) is 26.4. The van der Waals surface area contributed by atoms with E-state index in [0.29, 0.717) is 17.1 Å². The number of amidine groups is 1. The Bertz CT molecular complexity index is 896. The first kappa shape index (κ1) is 19.0. The minimum absolute atomic E-state index is 0.0193. The van der Waals surface area contributed by atoms with Crippen molar-refractivity contribution in [1.29, 1.82) is 5.41 Å². The van der Waals surface area contributed by atoms with Gasteiger partial charge in [0.25, 0.3) is 0 Å². The van der Waals surface area contributed by atoms with Gasteiger partial charge < -0.3 is 10.1 Å². The number of nitrogens with zero attached hydrogens (tertiary/aromatic N) is 1. The van der Waals surface area contributed by atoms with E-state index in [-0.39, 0.29) is 23.4 Å². The zero-order valence-corrected chi connectivity index (χ0v) is 16.2. The Balaban J connectivity index is 1.67. The molecule has 0 bridgehead atoms. The van der Waals surface area contributed by atoms with Gasteiger partial charge in [0.2, 0.25) is 11.8 Å². The van der Waals surface area contributed by atoms with Crippen LogP contribution in [-0.2, 0) is 9.59 Å². The Hall–Kier alpha value is -2.80. The lowest BCUT2D eigenvalue weighted by molar-refractivity contribution is -0.121. The molecule has 2 amide bonds. The van der Waals surface area contributed by atoms with Crippen molar-refractivity contribution in [3.63, 3.8) is 0 Å². The number of benzene rings is 2. The lowest BCUT2D eigenvalue weighted by Crippen LogP contribution is -2.33. The number of hydrogen-bond donors (Lipinski definition) is 2. The first-order valence-electron chi connectivity index (χ1n) is 8.49. The van der Waals surface area contributed by atoms with Crippen LogP contribution in [0.15, 0.2) is 42.5 Å². The van der Waals surface area contributed by atoms with Gasteiger partial charge in [0, 0.05) is 12.1 Å². The van der Waals surface area contributed by atoms with E-state index >= 15 is 0 Å². The largest absolute Gasteiger partial charge is 0.497 e. The fourth-order valence-corrected chi connectivity index (χ4v) is 3.80. The summed E-state index contributed by atoms with van der Waals surface area (Å²) >= 11 is 1.10. The molecule has 0 aromatic heterocycles. The Morgan fingerprint density at radius 3 is 2.52 bits per heavy atom. The molecule has 140 valence electrons. The van der Waals surface area contributed by atoms with Crippen LogP contribution in [0.1, 0.15) is 17.5 Å². The highest BCUT2D eigenvalue weighted by Crippen LogP contribution is 2.33. The molecule has 1 aliphatic heterocycles. The Morgan fingerprint density at radius 2 is 1.89 bits per heavy atom. The van der Waals surface area contributed by atoms with E-state index in [2.05, 4.69) is 5.32 Å². The second-order valence-corrected chi connectivity index (χ2v) is 7.53. The number of methoxy groups -OCH3 is 1. The van der Waals surface area contributed by atoms with E-state index in [9.17, 15) is 9.59 Å². The van der Waals surface area contributed by atoms with Gasteiger partial charge in [-0.3, -0.25) is 19.9 Å². The van der Waals surface area contributed by atoms with Crippen molar-refractivity contribution in [3.05, 3.63) is 53.6 Å². The molecule has 1 saturated heterocycles. The minimum Gasteiger partial charge on any atom is -0.497 e. The third-order valence-corrected chi connectivity index (χ3v) is 5.50. The molecule has 6 nitrogen and oxygen atoms in total. The van der Waals surface area contributed by atoms with Gasteiger partial charge in [-0.25, -0.2) is 0 Å². The molecule has 2 N–H and O–H groups in total. The van der Waals surface area contributed by atoms with Crippen molar-refractivity contribution in [1.82, 2.24) is 0 Å². The number of aryl methyl sites for hydroxylation is 2. The summed E-state index contributed by atoms with van der Waals surface area (Å²) in [6.07, 6.45) is 0.0193. The predicted molar refractivity (Wildman–Crippen MR) is 109 cm³/mol. The summed E-state index contributed by atoms with van der Waals surface area (Å²) in [6, 6.07) is 12.6. The molecule has 2 aromatic carbocycles.